The number of carbonyl (C=O) groups is 1. The van der Waals surface area contributed by atoms with Gasteiger partial charge in [0.25, 0.3) is 0 Å². The normalized spacial score (nSPS) is 9.87. The topological polar surface area (TPSA) is 38.3 Å². The summed E-state index contributed by atoms with van der Waals surface area (Å²) in [4.78, 5) is 10.7. The first-order chi connectivity index (χ1) is 7.06. The third kappa shape index (κ3) is 2.83. The lowest BCUT2D eigenvalue weighted by atomic mass is 10.2. The molecular formula is C10H11ClFNO2. The molecular weight excluding hydrogens is 221 g/mol. The van der Waals surface area contributed by atoms with Gasteiger partial charge < -0.3 is 10.1 Å². The maximum absolute atomic E-state index is 13.6. The minimum Gasteiger partial charge on any atom is -0.494 e. The molecule has 1 amide bonds. The van der Waals surface area contributed by atoms with Gasteiger partial charge in [-0.05, 0) is 12.1 Å². The Morgan fingerprint density at radius 3 is 2.80 bits per heavy atom. The van der Waals surface area contributed by atoms with E-state index >= 15 is 0 Å². The van der Waals surface area contributed by atoms with Gasteiger partial charge in [0, 0.05) is 24.1 Å². The molecule has 0 aromatic heterocycles. The van der Waals surface area contributed by atoms with Gasteiger partial charge in [0.1, 0.15) is 0 Å². The van der Waals surface area contributed by atoms with E-state index in [0.29, 0.717) is 0 Å². The number of nitrogens with one attached hydrogen (secondary N) is 1. The highest BCUT2D eigenvalue weighted by molar-refractivity contribution is 6.31. The Kier molecular flexibility index (Phi) is 3.91. The predicted molar refractivity (Wildman–Crippen MR) is 55.5 cm³/mol. The molecule has 0 heterocycles. The van der Waals surface area contributed by atoms with Gasteiger partial charge in [-0.25, -0.2) is 4.39 Å². The standard InChI is InChI=1S/C10H11ClFNO2/c1-6(14)13-5-7-8(11)3-4-9(15-2)10(7)12/h3-4H,5H2,1-2H3,(H,13,14). The highest BCUT2D eigenvalue weighted by atomic mass is 35.5. The maximum Gasteiger partial charge on any atom is 0.217 e. The van der Waals surface area contributed by atoms with Crippen molar-refractivity contribution in [1.82, 2.24) is 5.32 Å². The molecule has 0 saturated carbocycles. The van der Waals surface area contributed by atoms with Gasteiger partial charge >= 0.3 is 0 Å². The predicted octanol–water partition coefficient (Wildman–Crippen LogP) is 2.12. The monoisotopic (exact) mass is 231 g/mol. The highest BCUT2D eigenvalue weighted by Gasteiger charge is 2.12. The number of hydrogen-bond donors (Lipinski definition) is 1. The van der Waals surface area contributed by atoms with Crippen LogP contribution < -0.4 is 10.1 Å². The molecule has 0 bridgehead atoms. The van der Waals surface area contributed by atoms with Crippen molar-refractivity contribution >= 4 is 17.5 Å². The number of hydrogen-bond acceptors (Lipinski definition) is 2. The van der Waals surface area contributed by atoms with Crippen LogP contribution in [0.25, 0.3) is 0 Å². The van der Waals surface area contributed by atoms with Crippen LogP contribution in [0.5, 0.6) is 5.75 Å². The number of ether oxygens (including phenoxy) is 1. The van der Waals surface area contributed by atoms with E-state index in [1.807, 2.05) is 0 Å². The Morgan fingerprint density at radius 1 is 1.60 bits per heavy atom. The summed E-state index contributed by atoms with van der Waals surface area (Å²) in [6.07, 6.45) is 0. The van der Waals surface area contributed by atoms with Crippen LogP contribution >= 0.6 is 11.6 Å². The number of carbonyl (C=O) groups excluding carboxylic acids is 1. The number of benzene rings is 1. The first kappa shape index (κ1) is 11.8. The molecule has 0 atom stereocenters. The molecule has 0 unspecified atom stereocenters. The average Bonchev–Trinajstić information content (AvgIpc) is 2.17. The summed E-state index contributed by atoms with van der Waals surface area (Å²) < 4.78 is 18.4. The summed E-state index contributed by atoms with van der Waals surface area (Å²) in [6.45, 7) is 1.41. The number of methoxy groups -OCH3 is 1. The summed E-state index contributed by atoms with van der Waals surface area (Å²) in [7, 11) is 1.37. The van der Waals surface area contributed by atoms with Crippen LogP contribution in [0.1, 0.15) is 12.5 Å². The third-order valence-corrected chi connectivity index (χ3v) is 2.24. The Morgan fingerprint density at radius 2 is 2.27 bits per heavy atom. The van der Waals surface area contributed by atoms with Gasteiger partial charge in [0.2, 0.25) is 5.91 Å². The molecule has 1 rings (SSSR count). The molecule has 1 aromatic carbocycles. The van der Waals surface area contributed by atoms with Crippen molar-refractivity contribution < 1.29 is 13.9 Å². The zero-order valence-electron chi connectivity index (χ0n) is 8.43. The van der Waals surface area contributed by atoms with E-state index in [1.54, 1.807) is 0 Å². The first-order valence-corrected chi connectivity index (χ1v) is 4.69. The summed E-state index contributed by atoms with van der Waals surface area (Å²) in [5, 5.41) is 2.74. The lowest BCUT2D eigenvalue weighted by Gasteiger charge is -2.09. The van der Waals surface area contributed by atoms with Crippen LogP contribution in [-0.4, -0.2) is 13.0 Å². The van der Waals surface area contributed by atoms with Crippen molar-refractivity contribution in [3.8, 4) is 5.75 Å². The Balaban J connectivity index is 2.98. The fraction of sp³-hybridized carbons (Fsp3) is 0.300. The molecule has 0 aliphatic heterocycles. The molecule has 1 aromatic rings. The van der Waals surface area contributed by atoms with Crippen LogP contribution in [0.3, 0.4) is 0 Å². The fourth-order valence-electron chi connectivity index (χ4n) is 1.11. The van der Waals surface area contributed by atoms with Crippen LogP contribution in [0.4, 0.5) is 4.39 Å². The van der Waals surface area contributed by atoms with E-state index in [9.17, 15) is 9.18 Å². The zero-order chi connectivity index (χ0) is 11.4. The van der Waals surface area contributed by atoms with Crippen molar-refractivity contribution in [3.63, 3.8) is 0 Å². The van der Waals surface area contributed by atoms with Gasteiger partial charge in [-0.2, -0.15) is 0 Å². The zero-order valence-corrected chi connectivity index (χ0v) is 9.19. The highest BCUT2D eigenvalue weighted by Crippen LogP contribution is 2.26. The summed E-state index contributed by atoms with van der Waals surface area (Å²) in [5.41, 5.74) is 0.228. The molecule has 82 valence electrons. The van der Waals surface area contributed by atoms with Crippen LogP contribution in [0.15, 0.2) is 12.1 Å². The molecule has 1 N–H and O–H groups in total. The van der Waals surface area contributed by atoms with Gasteiger partial charge in [0.05, 0.1) is 7.11 Å². The molecule has 0 radical (unpaired) electrons. The number of amides is 1. The summed E-state index contributed by atoms with van der Waals surface area (Å²) in [5.74, 6) is -0.674. The van der Waals surface area contributed by atoms with Crippen LogP contribution in [0, 0.1) is 5.82 Å². The molecule has 3 nitrogen and oxygen atoms in total. The Labute approximate surface area is 92.2 Å². The quantitative estimate of drug-likeness (QED) is 0.866. The van der Waals surface area contributed by atoms with Crippen molar-refractivity contribution in [2.45, 2.75) is 13.5 Å². The average molecular weight is 232 g/mol. The van der Waals surface area contributed by atoms with E-state index in [0.717, 1.165) is 0 Å². The molecule has 0 fully saturated rings. The first-order valence-electron chi connectivity index (χ1n) is 4.31. The van der Waals surface area contributed by atoms with Crippen molar-refractivity contribution in [3.05, 3.63) is 28.5 Å². The van der Waals surface area contributed by atoms with Crippen molar-refractivity contribution in [2.24, 2.45) is 0 Å². The van der Waals surface area contributed by atoms with Gasteiger partial charge in [-0.1, -0.05) is 11.6 Å². The van der Waals surface area contributed by atoms with Gasteiger partial charge in [-0.15, -0.1) is 0 Å². The molecule has 5 heteroatoms. The second-order valence-corrected chi connectivity index (χ2v) is 3.36. The van der Waals surface area contributed by atoms with Gasteiger partial charge in [0.15, 0.2) is 11.6 Å². The van der Waals surface area contributed by atoms with Crippen molar-refractivity contribution in [2.75, 3.05) is 7.11 Å². The number of rotatable bonds is 3. The Hall–Kier alpha value is -1.29. The molecule has 0 aliphatic rings. The van der Waals surface area contributed by atoms with E-state index in [-0.39, 0.29) is 28.8 Å². The second-order valence-electron chi connectivity index (χ2n) is 2.95. The van der Waals surface area contributed by atoms with Crippen LogP contribution in [-0.2, 0) is 11.3 Å². The second kappa shape index (κ2) is 4.98. The molecule has 0 aliphatic carbocycles. The summed E-state index contributed by atoms with van der Waals surface area (Å²) in [6, 6.07) is 2.97. The molecule has 0 saturated heterocycles. The van der Waals surface area contributed by atoms with E-state index in [2.05, 4.69) is 5.32 Å². The lowest BCUT2D eigenvalue weighted by molar-refractivity contribution is -0.119. The molecule has 15 heavy (non-hydrogen) atoms. The minimum absolute atomic E-state index is 0.0528. The van der Waals surface area contributed by atoms with E-state index in [1.165, 1.54) is 26.2 Å². The fourth-order valence-corrected chi connectivity index (χ4v) is 1.32. The van der Waals surface area contributed by atoms with Crippen molar-refractivity contribution in [1.29, 1.82) is 0 Å². The summed E-state index contributed by atoms with van der Waals surface area (Å²) >= 11 is 5.80. The SMILES string of the molecule is COc1ccc(Cl)c(CNC(C)=O)c1F. The van der Waals surface area contributed by atoms with E-state index in [4.69, 9.17) is 16.3 Å². The third-order valence-electron chi connectivity index (χ3n) is 1.88. The van der Waals surface area contributed by atoms with Crippen LogP contribution in [0.2, 0.25) is 5.02 Å². The largest absolute Gasteiger partial charge is 0.494 e. The minimum atomic E-state index is -0.543. The smallest absolute Gasteiger partial charge is 0.217 e. The maximum atomic E-state index is 13.6. The molecule has 0 spiro atoms. The number of halogens is 2. The lowest BCUT2D eigenvalue weighted by Crippen LogP contribution is -2.20. The van der Waals surface area contributed by atoms with E-state index < -0.39 is 5.82 Å². The van der Waals surface area contributed by atoms with Gasteiger partial charge in [-0.3, -0.25) is 4.79 Å². The Bertz CT molecular complexity index is 382.